The van der Waals surface area contributed by atoms with Crippen LogP contribution >= 0.6 is 11.8 Å². The second-order valence-corrected chi connectivity index (χ2v) is 6.51. The van der Waals surface area contributed by atoms with Crippen LogP contribution < -0.4 is 5.32 Å². The Labute approximate surface area is 129 Å². The van der Waals surface area contributed by atoms with Crippen LogP contribution in [0.3, 0.4) is 0 Å². The molecule has 0 saturated carbocycles. The summed E-state index contributed by atoms with van der Waals surface area (Å²) in [5.41, 5.74) is 1.01. The number of hydrogen-bond acceptors (Lipinski definition) is 5. The molecule has 1 aromatic heterocycles. The average molecular weight is 303 g/mol. The molecule has 1 aliphatic rings. The number of ether oxygens (including phenoxy) is 1. The van der Waals surface area contributed by atoms with Gasteiger partial charge in [0, 0.05) is 30.4 Å². The molecule has 2 heterocycles. The van der Waals surface area contributed by atoms with Crippen LogP contribution in [0.1, 0.15) is 26.2 Å². The molecule has 0 aliphatic carbocycles. The molecular weight excluding hydrogens is 282 g/mol. The minimum Gasteiger partial charge on any atom is -0.381 e. The molecule has 1 saturated heterocycles. The molecule has 0 bridgehead atoms. The lowest BCUT2D eigenvalue weighted by molar-refractivity contribution is 0.1000. The van der Waals surface area contributed by atoms with Gasteiger partial charge in [-0.05, 0) is 25.3 Å². The van der Waals surface area contributed by atoms with E-state index in [0.29, 0.717) is 5.25 Å². The van der Waals surface area contributed by atoms with Gasteiger partial charge in [0.25, 0.3) is 0 Å². The third kappa shape index (κ3) is 3.66. The van der Waals surface area contributed by atoms with Crippen LogP contribution in [0.25, 0.3) is 10.9 Å². The van der Waals surface area contributed by atoms with Gasteiger partial charge in [0.15, 0.2) is 0 Å². The number of fused-ring (bicyclic) bond motifs is 1. The van der Waals surface area contributed by atoms with Gasteiger partial charge < -0.3 is 10.1 Å². The van der Waals surface area contributed by atoms with Gasteiger partial charge in [-0.15, -0.1) is 11.8 Å². The number of nitrogens with zero attached hydrogens (tertiary/aromatic N) is 2. The second kappa shape index (κ2) is 7.09. The van der Waals surface area contributed by atoms with Crippen molar-refractivity contribution in [1.29, 1.82) is 0 Å². The summed E-state index contributed by atoms with van der Waals surface area (Å²) < 4.78 is 5.44. The zero-order valence-electron chi connectivity index (χ0n) is 12.3. The van der Waals surface area contributed by atoms with E-state index in [1.807, 2.05) is 17.8 Å². The molecule has 0 spiro atoms. The Morgan fingerprint density at radius 2 is 2.05 bits per heavy atom. The van der Waals surface area contributed by atoms with E-state index in [1.54, 1.807) is 0 Å². The fraction of sp³-hybridized carbons (Fsp3) is 0.500. The van der Waals surface area contributed by atoms with Crippen LogP contribution in [0.2, 0.25) is 0 Å². The van der Waals surface area contributed by atoms with Crippen LogP contribution in [-0.2, 0) is 4.74 Å². The molecule has 0 radical (unpaired) electrons. The van der Waals surface area contributed by atoms with Gasteiger partial charge in [-0.3, -0.25) is 0 Å². The van der Waals surface area contributed by atoms with Crippen LogP contribution in [0.4, 0.5) is 5.95 Å². The van der Waals surface area contributed by atoms with Crippen LogP contribution in [-0.4, -0.2) is 35.0 Å². The number of aromatic nitrogens is 2. The molecule has 112 valence electrons. The van der Waals surface area contributed by atoms with Gasteiger partial charge >= 0.3 is 0 Å². The highest BCUT2D eigenvalue weighted by atomic mass is 32.2. The highest BCUT2D eigenvalue weighted by molar-refractivity contribution is 8.00. The van der Waals surface area contributed by atoms with Crippen molar-refractivity contribution in [1.82, 2.24) is 9.97 Å². The molecule has 1 aromatic carbocycles. The van der Waals surface area contributed by atoms with Gasteiger partial charge in [-0.1, -0.05) is 25.1 Å². The third-order valence-corrected chi connectivity index (χ3v) is 4.89. The predicted octanol–water partition coefficient (Wildman–Crippen LogP) is 3.72. The minimum absolute atomic E-state index is 0.594. The zero-order chi connectivity index (χ0) is 14.5. The Hall–Kier alpha value is -1.33. The Morgan fingerprint density at radius 1 is 1.24 bits per heavy atom. The van der Waals surface area contributed by atoms with Crippen molar-refractivity contribution in [3.63, 3.8) is 0 Å². The molecule has 1 N–H and O–H groups in total. The third-order valence-electron chi connectivity index (χ3n) is 3.55. The van der Waals surface area contributed by atoms with Gasteiger partial charge in [-0.25, -0.2) is 9.97 Å². The van der Waals surface area contributed by atoms with Gasteiger partial charge in [-0.2, -0.15) is 0 Å². The molecule has 0 unspecified atom stereocenters. The first-order valence-corrected chi connectivity index (χ1v) is 8.50. The molecule has 4 nitrogen and oxygen atoms in total. The van der Waals surface area contributed by atoms with Crippen molar-refractivity contribution < 1.29 is 4.74 Å². The summed E-state index contributed by atoms with van der Waals surface area (Å²) in [7, 11) is 0. The first kappa shape index (κ1) is 14.6. The Bertz CT molecular complexity index is 599. The first-order chi connectivity index (χ1) is 10.4. The summed E-state index contributed by atoms with van der Waals surface area (Å²) in [6.45, 7) is 4.77. The molecule has 5 heteroatoms. The fourth-order valence-corrected chi connectivity index (χ4v) is 3.59. The summed E-state index contributed by atoms with van der Waals surface area (Å²) >= 11 is 1.87. The lowest BCUT2D eigenvalue weighted by Crippen LogP contribution is -2.17. The van der Waals surface area contributed by atoms with Crippen molar-refractivity contribution in [2.24, 2.45) is 0 Å². The molecule has 0 amide bonds. The summed E-state index contributed by atoms with van der Waals surface area (Å²) in [4.78, 5) is 9.34. The Kier molecular flexibility index (Phi) is 4.93. The number of benzene rings is 1. The topological polar surface area (TPSA) is 47.0 Å². The van der Waals surface area contributed by atoms with Crippen molar-refractivity contribution >= 4 is 28.6 Å². The Morgan fingerprint density at radius 3 is 2.86 bits per heavy atom. The number of nitrogens with one attached hydrogen (secondary N) is 1. The lowest BCUT2D eigenvalue weighted by Gasteiger charge is -2.21. The smallest absolute Gasteiger partial charge is 0.224 e. The quantitative estimate of drug-likeness (QED) is 0.853. The lowest BCUT2D eigenvalue weighted by atomic mass is 10.2. The number of anilines is 1. The molecule has 3 rings (SSSR count). The maximum Gasteiger partial charge on any atom is 0.224 e. The van der Waals surface area contributed by atoms with E-state index in [2.05, 4.69) is 35.4 Å². The summed E-state index contributed by atoms with van der Waals surface area (Å²) in [6.07, 6.45) is 3.26. The van der Waals surface area contributed by atoms with E-state index in [9.17, 15) is 0 Å². The number of rotatable bonds is 5. The van der Waals surface area contributed by atoms with E-state index >= 15 is 0 Å². The maximum atomic E-state index is 5.44. The molecule has 0 atom stereocenters. The number of thioether (sulfide) groups is 1. The normalized spacial score (nSPS) is 16.2. The van der Waals surface area contributed by atoms with E-state index < -0.39 is 0 Å². The molecule has 1 fully saturated rings. The first-order valence-electron chi connectivity index (χ1n) is 7.62. The molecule has 2 aromatic rings. The largest absolute Gasteiger partial charge is 0.381 e. The van der Waals surface area contributed by atoms with Crippen molar-refractivity contribution in [3.05, 3.63) is 24.3 Å². The van der Waals surface area contributed by atoms with Gasteiger partial charge in [0.05, 0.1) is 5.52 Å². The highest BCUT2D eigenvalue weighted by Gasteiger charge is 2.18. The second-order valence-electron chi connectivity index (χ2n) is 5.23. The van der Waals surface area contributed by atoms with Gasteiger partial charge in [0.1, 0.15) is 5.03 Å². The van der Waals surface area contributed by atoms with Crippen molar-refractivity contribution in [2.45, 2.75) is 36.5 Å². The van der Waals surface area contributed by atoms with E-state index in [-0.39, 0.29) is 0 Å². The predicted molar refractivity (Wildman–Crippen MR) is 88.0 cm³/mol. The Balaban J connectivity index is 1.89. The molecular formula is C16H21N3OS. The summed E-state index contributed by atoms with van der Waals surface area (Å²) in [6, 6.07) is 8.25. The monoisotopic (exact) mass is 303 g/mol. The molecule has 1 aliphatic heterocycles. The molecule has 21 heavy (non-hydrogen) atoms. The van der Waals surface area contributed by atoms with Crippen LogP contribution in [0.15, 0.2) is 29.3 Å². The maximum absolute atomic E-state index is 5.44. The van der Waals surface area contributed by atoms with Gasteiger partial charge in [0.2, 0.25) is 5.95 Å². The van der Waals surface area contributed by atoms with Crippen LogP contribution in [0, 0.1) is 0 Å². The van der Waals surface area contributed by atoms with Crippen LogP contribution in [0.5, 0.6) is 0 Å². The SMILES string of the molecule is CCCNc1nc(SC2CCOCC2)c2ccccc2n1. The van der Waals surface area contributed by atoms with E-state index in [0.717, 1.165) is 60.9 Å². The average Bonchev–Trinajstić information content (AvgIpc) is 2.54. The standard InChI is InChI=1S/C16H21N3OS/c1-2-9-17-16-18-14-6-4-3-5-13(14)15(19-16)21-12-7-10-20-11-8-12/h3-6,12H,2,7-11H2,1H3,(H,17,18,19). The fourth-order valence-electron chi connectivity index (χ4n) is 2.40. The highest BCUT2D eigenvalue weighted by Crippen LogP contribution is 2.33. The number of para-hydroxylation sites is 1. The zero-order valence-corrected chi connectivity index (χ0v) is 13.2. The van der Waals surface area contributed by atoms with E-state index in [4.69, 9.17) is 9.72 Å². The van der Waals surface area contributed by atoms with E-state index in [1.165, 1.54) is 0 Å². The summed E-state index contributed by atoms with van der Waals surface area (Å²) in [5, 5.41) is 6.14. The summed E-state index contributed by atoms with van der Waals surface area (Å²) in [5.74, 6) is 0.741. The minimum atomic E-state index is 0.594. The van der Waals surface area contributed by atoms with Crippen molar-refractivity contribution in [2.75, 3.05) is 25.1 Å². The van der Waals surface area contributed by atoms with Crippen molar-refractivity contribution in [3.8, 4) is 0 Å². The number of hydrogen-bond donors (Lipinski definition) is 1.